The van der Waals surface area contributed by atoms with Crippen molar-refractivity contribution >= 4 is 11.7 Å². The van der Waals surface area contributed by atoms with Gasteiger partial charge in [-0.25, -0.2) is 4.98 Å². The Morgan fingerprint density at radius 1 is 1.63 bits per heavy atom. The van der Waals surface area contributed by atoms with Crippen molar-refractivity contribution in [3.63, 3.8) is 0 Å². The minimum Gasteiger partial charge on any atom is -0.409 e. The zero-order valence-electron chi connectivity index (χ0n) is 11.3. The molecule has 1 atom stereocenters. The largest absolute Gasteiger partial charge is 0.409 e. The molecule has 1 aliphatic heterocycles. The van der Waals surface area contributed by atoms with Crippen molar-refractivity contribution in [1.82, 2.24) is 4.98 Å². The molecule has 0 radical (unpaired) electrons. The molecular weight excluding hydrogens is 244 g/mol. The summed E-state index contributed by atoms with van der Waals surface area (Å²) < 4.78 is 5.63. The van der Waals surface area contributed by atoms with E-state index in [9.17, 15) is 0 Å². The first-order chi connectivity index (χ1) is 9.13. The van der Waals surface area contributed by atoms with Crippen molar-refractivity contribution in [2.45, 2.75) is 26.4 Å². The number of nitrogens with zero attached hydrogens (tertiary/aromatic N) is 3. The second-order valence-electron chi connectivity index (χ2n) is 4.79. The van der Waals surface area contributed by atoms with Crippen molar-refractivity contribution in [2.24, 2.45) is 10.9 Å². The number of amidine groups is 1. The monoisotopic (exact) mass is 264 g/mol. The van der Waals surface area contributed by atoms with Crippen LogP contribution in [0, 0.1) is 6.92 Å². The van der Waals surface area contributed by atoms with Gasteiger partial charge in [-0.05, 0) is 31.9 Å². The number of aromatic nitrogens is 1. The van der Waals surface area contributed by atoms with Gasteiger partial charge in [0.25, 0.3) is 0 Å². The fraction of sp³-hybridized carbons (Fsp3) is 0.538. The van der Waals surface area contributed by atoms with Gasteiger partial charge in [-0.2, -0.15) is 0 Å². The highest BCUT2D eigenvalue weighted by atomic mass is 16.5. The third kappa shape index (κ3) is 2.96. The Morgan fingerprint density at radius 3 is 3.16 bits per heavy atom. The maximum Gasteiger partial charge on any atom is 0.174 e. The molecule has 0 bridgehead atoms. The summed E-state index contributed by atoms with van der Waals surface area (Å²) in [4.78, 5) is 6.54. The summed E-state index contributed by atoms with van der Waals surface area (Å²) in [5.41, 5.74) is 7.41. The lowest BCUT2D eigenvalue weighted by Gasteiger charge is -2.25. The molecule has 0 saturated carbocycles. The Balaban J connectivity index is 2.40. The molecule has 104 valence electrons. The number of aryl methyl sites for hydroxylation is 1. The maximum atomic E-state index is 8.93. The van der Waals surface area contributed by atoms with Gasteiger partial charge in [0.05, 0.1) is 11.7 Å². The van der Waals surface area contributed by atoms with Crippen LogP contribution in [0.5, 0.6) is 0 Å². The molecule has 0 spiro atoms. The van der Waals surface area contributed by atoms with Crippen LogP contribution in [0.4, 0.5) is 5.82 Å². The van der Waals surface area contributed by atoms with Crippen LogP contribution in [0.2, 0.25) is 0 Å². The second kappa shape index (κ2) is 5.88. The quantitative estimate of drug-likeness (QED) is 0.362. The molecule has 0 amide bonds. The molecule has 2 rings (SSSR count). The number of pyridine rings is 1. The molecule has 0 aromatic carbocycles. The van der Waals surface area contributed by atoms with Gasteiger partial charge in [0.1, 0.15) is 5.82 Å². The maximum absolute atomic E-state index is 8.93. The lowest BCUT2D eigenvalue weighted by Crippen LogP contribution is -2.33. The first-order valence-corrected chi connectivity index (χ1v) is 6.43. The molecule has 1 aromatic heterocycles. The van der Waals surface area contributed by atoms with Crippen LogP contribution in [0.15, 0.2) is 17.4 Å². The standard InChI is InChI=1S/C13H20N4O2/c1-9-4-5-15-13(11(9)12(14)16-18)17-6-3-7-19-10(2)8-17/h4-5,10,18H,3,6-8H2,1-2H3,(H2,14,16). The Bertz CT molecular complexity index is 476. The average Bonchev–Trinajstić information content (AvgIpc) is 2.62. The number of oxime groups is 1. The third-order valence-electron chi connectivity index (χ3n) is 3.25. The first kappa shape index (κ1) is 13.6. The average molecular weight is 264 g/mol. The smallest absolute Gasteiger partial charge is 0.174 e. The Kier molecular flexibility index (Phi) is 4.21. The number of ether oxygens (including phenoxy) is 1. The predicted molar refractivity (Wildman–Crippen MR) is 73.7 cm³/mol. The number of rotatable bonds is 2. The van der Waals surface area contributed by atoms with Crippen LogP contribution in [-0.2, 0) is 4.74 Å². The third-order valence-corrected chi connectivity index (χ3v) is 3.25. The van der Waals surface area contributed by atoms with E-state index in [1.807, 2.05) is 19.9 Å². The molecule has 0 aliphatic carbocycles. The van der Waals surface area contributed by atoms with Crippen molar-refractivity contribution < 1.29 is 9.94 Å². The molecular formula is C13H20N4O2. The zero-order valence-corrected chi connectivity index (χ0v) is 11.3. The van der Waals surface area contributed by atoms with Crippen molar-refractivity contribution in [1.29, 1.82) is 0 Å². The van der Waals surface area contributed by atoms with Crippen molar-refractivity contribution in [2.75, 3.05) is 24.6 Å². The van der Waals surface area contributed by atoms with Gasteiger partial charge < -0.3 is 20.6 Å². The normalized spacial score (nSPS) is 21.3. The Morgan fingerprint density at radius 2 is 2.42 bits per heavy atom. The molecule has 19 heavy (non-hydrogen) atoms. The van der Waals surface area contributed by atoms with E-state index in [4.69, 9.17) is 15.7 Å². The minimum absolute atomic E-state index is 0.0958. The summed E-state index contributed by atoms with van der Waals surface area (Å²) in [6.45, 7) is 6.32. The zero-order chi connectivity index (χ0) is 13.8. The van der Waals surface area contributed by atoms with E-state index in [0.717, 1.165) is 37.5 Å². The SMILES string of the molecule is Cc1ccnc(N2CCCOC(C)C2)c1/C(N)=N/O. The highest BCUT2D eigenvalue weighted by Gasteiger charge is 2.21. The molecule has 6 nitrogen and oxygen atoms in total. The summed E-state index contributed by atoms with van der Waals surface area (Å²) in [6, 6.07) is 1.86. The molecule has 3 N–H and O–H groups in total. The molecule has 1 fully saturated rings. The minimum atomic E-state index is 0.0958. The van der Waals surface area contributed by atoms with E-state index in [-0.39, 0.29) is 11.9 Å². The van der Waals surface area contributed by atoms with Crippen molar-refractivity contribution in [3.8, 4) is 0 Å². The van der Waals surface area contributed by atoms with Crippen LogP contribution < -0.4 is 10.6 Å². The number of hydrogen-bond donors (Lipinski definition) is 2. The summed E-state index contributed by atoms with van der Waals surface area (Å²) in [6.07, 6.45) is 2.83. The number of anilines is 1. The van der Waals surface area contributed by atoms with E-state index in [1.165, 1.54) is 0 Å². The van der Waals surface area contributed by atoms with Gasteiger partial charge in [-0.15, -0.1) is 0 Å². The van der Waals surface area contributed by atoms with E-state index in [0.29, 0.717) is 5.56 Å². The van der Waals surface area contributed by atoms with E-state index in [1.54, 1.807) is 6.20 Å². The van der Waals surface area contributed by atoms with Gasteiger partial charge in [0.2, 0.25) is 0 Å². The van der Waals surface area contributed by atoms with Crippen LogP contribution in [0.25, 0.3) is 0 Å². The molecule has 1 saturated heterocycles. The summed E-state index contributed by atoms with van der Waals surface area (Å²) in [5, 5.41) is 12.0. The lowest BCUT2D eigenvalue weighted by molar-refractivity contribution is 0.0820. The fourth-order valence-corrected chi connectivity index (χ4v) is 2.34. The van der Waals surface area contributed by atoms with Gasteiger partial charge >= 0.3 is 0 Å². The molecule has 2 heterocycles. The van der Waals surface area contributed by atoms with Gasteiger partial charge in [0.15, 0.2) is 5.84 Å². The van der Waals surface area contributed by atoms with Gasteiger partial charge in [-0.3, -0.25) is 0 Å². The van der Waals surface area contributed by atoms with Crippen LogP contribution in [0.1, 0.15) is 24.5 Å². The lowest BCUT2D eigenvalue weighted by atomic mass is 10.1. The topological polar surface area (TPSA) is 84.0 Å². The van der Waals surface area contributed by atoms with Crippen molar-refractivity contribution in [3.05, 3.63) is 23.4 Å². The molecule has 1 aliphatic rings. The van der Waals surface area contributed by atoms with Crippen LogP contribution >= 0.6 is 0 Å². The first-order valence-electron chi connectivity index (χ1n) is 6.43. The van der Waals surface area contributed by atoms with Gasteiger partial charge in [-0.1, -0.05) is 5.16 Å². The van der Waals surface area contributed by atoms with E-state index >= 15 is 0 Å². The van der Waals surface area contributed by atoms with Crippen LogP contribution in [-0.4, -0.2) is 41.8 Å². The number of hydrogen-bond acceptors (Lipinski definition) is 5. The molecule has 6 heteroatoms. The summed E-state index contributed by atoms with van der Waals surface area (Å²) in [5.74, 6) is 0.853. The highest BCUT2D eigenvalue weighted by molar-refractivity contribution is 6.02. The molecule has 1 aromatic rings. The molecule has 1 unspecified atom stereocenters. The van der Waals surface area contributed by atoms with E-state index < -0.39 is 0 Å². The Hall–Kier alpha value is -1.82. The summed E-state index contributed by atoms with van der Waals surface area (Å²) in [7, 11) is 0. The van der Waals surface area contributed by atoms with Crippen LogP contribution in [0.3, 0.4) is 0 Å². The number of nitrogens with two attached hydrogens (primary N) is 1. The highest BCUT2D eigenvalue weighted by Crippen LogP contribution is 2.22. The Labute approximate surface area is 112 Å². The van der Waals surface area contributed by atoms with E-state index in [2.05, 4.69) is 15.0 Å². The second-order valence-corrected chi connectivity index (χ2v) is 4.79. The predicted octanol–water partition coefficient (Wildman–Crippen LogP) is 1.10. The van der Waals surface area contributed by atoms with Gasteiger partial charge in [0, 0.05) is 25.9 Å². The fourth-order valence-electron chi connectivity index (χ4n) is 2.34. The summed E-state index contributed by atoms with van der Waals surface area (Å²) >= 11 is 0.